The zero-order valence-corrected chi connectivity index (χ0v) is 9.74. The third kappa shape index (κ3) is 2.25. The van der Waals surface area contributed by atoms with Gasteiger partial charge in [-0.05, 0) is 24.3 Å². The first-order chi connectivity index (χ1) is 7.18. The van der Waals surface area contributed by atoms with Crippen molar-refractivity contribution >= 4 is 34.8 Å². The van der Waals surface area contributed by atoms with E-state index in [9.17, 15) is 0 Å². The standard InChI is InChI=1S/C11H5Cl3N/c12-7-5-8(13)11(9(14)6-7)10-3-1-2-4-15-10/h1-3,5-6H. The van der Waals surface area contributed by atoms with Crippen LogP contribution in [-0.4, -0.2) is 4.98 Å². The number of benzene rings is 1. The van der Waals surface area contributed by atoms with Crippen LogP contribution in [0.3, 0.4) is 0 Å². The molecule has 0 fully saturated rings. The number of pyridine rings is 1. The van der Waals surface area contributed by atoms with E-state index in [1.165, 1.54) is 0 Å². The molecule has 0 aliphatic carbocycles. The zero-order chi connectivity index (χ0) is 10.8. The molecule has 1 radical (unpaired) electrons. The van der Waals surface area contributed by atoms with Crippen LogP contribution in [0.15, 0.2) is 30.3 Å². The van der Waals surface area contributed by atoms with Crippen LogP contribution in [0.2, 0.25) is 15.1 Å². The summed E-state index contributed by atoms with van der Waals surface area (Å²) in [5.74, 6) is 0. The van der Waals surface area contributed by atoms with E-state index in [0.29, 0.717) is 26.3 Å². The van der Waals surface area contributed by atoms with Crippen molar-refractivity contribution in [2.24, 2.45) is 0 Å². The molecule has 1 aromatic carbocycles. The fourth-order valence-corrected chi connectivity index (χ4v) is 2.26. The van der Waals surface area contributed by atoms with Crippen LogP contribution in [0.4, 0.5) is 0 Å². The Morgan fingerprint density at radius 2 is 1.73 bits per heavy atom. The smallest absolute Gasteiger partial charge is 0.0893 e. The van der Waals surface area contributed by atoms with Gasteiger partial charge in [-0.25, -0.2) is 4.98 Å². The first kappa shape index (κ1) is 10.7. The van der Waals surface area contributed by atoms with Gasteiger partial charge in [0.1, 0.15) is 0 Å². The summed E-state index contributed by atoms with van der Waals surface area (Å²) in [5.41, 5.74) is 1.36. The molecule has 0 atom stereocenters. The summed E-state index contributed by atoms with van der Waals surface area (Å²) >= 11 is 17.9. The Bertz CT molecular complexity index is 459. The van der Waals surface area contributed by atoms with Gasteiger partial charge in [-0.15, -0.1) is 0 Å². The van der Waals surface area contributed by atoms with Crippen LogP contribution < -0.4 is 0 Å². The summed E-state index contributed by atoms with van der Waals surface area (Å²) in [6.07, 6.45) is 2.73. The van der Waals surface area contributed by atoms with E-state index in [2.05, 4.69) is 11.2 Å². The summed E-state index contributed by atoms with van der Waals surface area (Å²) in [6.45, 7) is 0. The van der Waals surface area contributed by atoms with Crippen molar-refractivity contribution < 1.29 is 0 Å². The number of hydrogen-bond acceptors (Lipinski definition) is 1. The predicted molar refractivity (Wildman–Crippen MR) is 63.5 cm³/mol. The van der Waals surface area contributed by atoms with Crippen LogP contribution in [0.1, 0.15) is 0 Å². The summed E-state index contributed by atoms with van der Waals surface area (Å²) in [6, 6.07) is 8.63. The minimum atomic E-state index is 0.486. The molecule has 1 nitrogen and oxygen atoms in total. The van der Waals surface area contributed by atoms with Crippen LogP contribution in [0.25, 0.3) is 11.3 Å². The minimum absolute atomic E-state index is 0.486. The fourth-order valence-electron chi connectivity index (χ4n) is 1.25. The van der Waals surface area contributed by atoms with Gasteiger partial charge in [-0.1, -0.05) is 40.9 Å². The third-order valence-electron chi connectivity index (χ3n) is 1.87. The molecule has 0 spiro atoms. The van der Waals surface area contributed by atoms with Gasteiger partial charge >= 0.3 is 0 Å². The molecular weight excluding hydrogens is 252 g/mol. The number of halogens is 3. The second kappa shape index (κ2) is 4.40. The molecule has 2 aromatic rings. The van der Waals surface area contributed by atoms with Crippen LogP contribution >= 0.6 is 34.8 Å². The molecular formula is C11H5Cl3N. The summed E-state index contributed by atoms with van der Waals surface area (Å²) < 4.78 is 0. The van der Waals surface area contributed by atoms with E-state index in [4.69, 9.17) is 34.8 Å². The number of aromatic nitrogens is 1. The maximum Gasteiger partial charge on any atom is 0.0893 e. The normalized spacial score (nSPS) is 10.3. The van der Waals surface area contributed by atoms with Crippen molar-refractivity contribution in [3.05, 3.63) is 51.6 Å². The molecule has 0 bridgehead atoms. The summed E-state index contributed by atoms with van der Waals surface area (Å²) in [7, 11) is 0. The van der Waals surface area contributed by atoms with Gasteiger partial charge < -0.3 is 0 Å². The molecule has 1 aromatic heterocycles. The predicted octanol–water partition coefficient (Wildman–Crippen LogP) is 4.51. The molecule has 0 aliphatic rings. The lowest BCUT2D eigenvalue weighted by Gasteiger charge is -2.06. The highest BCUT2D eigenvalue weighted by atomic mass is 35.5. The quantitative estimate of drug-likeness (QED) is 0.732. The van der Waals surface area contributed by atoms with E-state index < -0.39 is 0 Å². The molecule has 4 heteroatoms. The highest BCUT2D eigenvalue weighted by molar-refractivity contribution is 6.41. The van der Waals surface area contributed by atoms with Crippen molar-refractivity contribution in [3.63, 3.8) is 0 Å². The number of rotatable bonds is 1. The molecule has 0 amide bonds. The average Bonchev–Trinajstić information content (AvgIpc) is 2.17. The lowest BCUT2D eigenvalue weighted by molar-refractivity contribution is 1.31. The second-order valence-electron chi connectivity index (χ2n) is 2.90. The van der Waals surface area contributed by atoms with Crippen molar-refractivity contribution in [1.82, 2.24) is 4.98 Å². The molecule has 1 heterocycles. The van der Waals surface area contributed by atoms with Crippen molar-refractivity contribution in [1.29, 1.82) is 0 Å². The lowest BCUT2D eigenvalue weighted by Crippen LogP contribution is -1.85. The highest BCUT2D eigenvalue weighted by Gasteiger charge is 2.10. The maximum atomic E-state index is 6.05. The highest BCUT2D eigenvalue weighted by Crippen LogP contribution is 2.35. The Balaban J connectivity index is 2.64. The number of hydrogen-bond donors (Lipinski definition) is 0. The maximum absolute atomic E-state index is 6.05. The largest absolute Gasteiger partial charge is 0.246 e. The van der Waals surface area contributed by atoms with Gasteiger partial charge in [0.2, 0.25) is 0 Å². The molecule has 15 heavy (non-hydrogen) atoms. The third-order valence-corrected chi connectivity index (χ3v) is 2.69. The fraction of sp³-hybridized carbons (Fsp3) is 0. The van der Waals surface area contributed by atoms with Crippen molar-refractivity contribution in [2.75, 3.05) is 0 Å². The van der Waals surface area contributed by atoms with Gasteiger partial charge in [0.05, 0.1) is 21.9 Å². The molecule has 0 unspecified atom stereocenters. The van der Waals surface area contributed by atoms with Gasteiger partial charge in [0.25, 0.3) is 0 Å². The molecule has 2 rings (SSSR count). The topological polar surface area (TPSA) is 12.9 Å². The Kier molecular flexibility index (Phi) is 3.15. The average molecular weight is 258 g/mol. The van der Waals surface area contributed by atoms with E-state index in [-0.39, 0.29) is 0 Å². The van der Waals surface area contributed by atoms with Gasteiger partial charge in [0, 0.05) is 10.6 Å². The first-order valence-electron chi connectivity index (χ1n) is 4.16. The summed E-state index contributed by atoms with van der Waals surface area (Å²) in [4.78, 5) is 4.06. The Morgan fingerprint density at radius 3 is 2.27 bits per heavy atom. The van der Waals surface area contributed by atoms with Crippen LogP contribution in [-0.2, 0) is 0 Å². The lowest BCUT2D eigenvalue weighted by atomic mass is 10.1. The molecule has 0 saturated heterocycles. The Morgan fingerprint density at radius 1 is 1.07 bits per heavy atom. The van der Waals surface area contributed by atoms with Gasteiger partial charge in [0.15, 0.2) is 0 Å². The van der Waals surface area contributed by atoms with Crippen LogP contribution in [0, 0.1) is 6.20 Å². The zero-order valence-electron chi connectivity index (χ0n) is 7.47. The molecule has 0 saturated carbocycles. The van der Waals surface area contributed by atoms with Crippen molar-refractivity contribution in [3.8, 4) is 11.3 Å². The Hall–Kier alpha value is -0.760. The SMILES string of the molecule is Clc1cc(Cl)c(-c2ccc[c]n2)c(Cl)c1. The Labute approximate surface area is 103 Å². The first-order valence-corrected chi connectivity index (χ1v) is 5.30. The van der Waals surface area contributed by atoms with E-state index in [0.717, 1.165) is 0 Å². The summed E-state index contributed by atoms with van der Waals surface area (Å²) in [5, 5.41) is 1.48. The van der Waals surface area contributed by atoms with Crippen molar-refractivity contribution in [2.45, 2.75) is 0 Å². The van der Waals surface area contributed by atoms with E-state index in [1.807, 2.05) is 12.1 Å². The minimum Gasteiger partial charge on any atom is -0.246 e. The monoisotopic (exact) mass is 256 g/mol. The van der Waals surface area contributed by atoms with Crippen LogP contribution in [0.5, 0.6) is 0 Å². The van der Waals surface area contributed by atoms with Gasteiger partial charge in [-0.2, -0.15) is 0 Å². The van der Waals surface area contributed by atoms with E-state index >= 15 is 0 Å². The molecule has 75 valence electrons. The molecule has 0 N–H and O–H groups in total. The van der Waals surface area contributed by atoms with Gasteiger partial charge in [-0.3, -0.25) is 0 Å². The van der Waals surface area contributed by atoms with E-state index in [1.54, 1.807) is 18.2 Å². The molecule has 0 aliphatic heterocycles. The number of nitrogens with zero attached hydrogens (tertiary/aromatic N) is 1. The second-order valence-corrected chi connectivity index (χ2v) is 4.15.